The van der Waals surface area contributed by atoms with Gasteiger partial charge in [0.05, 0.1) is 5.02 Å². The van der Waals surface area contributed by atoms with Gasteiger partial charge < -0.3 is 10.9 Å². The maximum Gasteiger partial charge on any atom is 0.170 e. The van der Waals surface area contributed by atoms with E-state index in [2.05, 4.69) is 15.1 Å². The van der Waals surface area contributed by atoms with Crippen molar-refractivity contribution in [2.75, 3.05) is 0 Å². The summed E-state index contributed by atoms with van der Waals surface area (Å²) in [4.78, 5) is 8.32. The van der Waals surface area contributed by atoms with E-state index >= 15 is 0 Å². The average molecular weight is 281 g/mol. The quantitative estimate of drug-likeness (QED) is 0.390. The monoisotopic (exact) mass is 280 g/mol. The maximum absolute atomic E-state index is 8.61. The first-order valence-corrected chi connectivity index (χ1v) is 6.12. The highest BCUT2D eigenvalue weighted by atomic mass is 35.5. The van der Waals surface area contributed by atoms with Gasteiger partial charge in [-0.05, 0) is 24.3 Å². The zero-order chi connectivity index (χ0) is 13.0. The van der Waals surface area contributed by atoms with Crippen LogP contribution in [0.2, 0.25) is 5.02 Å². The summed E-state index contributed by atoms with van der Waals surface area (Å²) in [6.07, 6.45) is 3.16. The Hall–Kier alpha value is -1.79. The predicted octanol–water partition coefficient (Wildman–Crippen LogP) is 2.38. The number of pyridine rings is 2. The van der Waals surface area contributed by atoms with Crippen LogP contribution >= 0.6 is 23.4 Å². The molecule has 0 bridgehead atoms. The van der Waals surface area contributed by atoms with E-state index in [-0.39, 0.29) is 5.84 Å². The first kappa shape index (κ1) is 12.7. The fraction of sp³-hybridized carbons (Fsp3) is 0. The summed E-state index contributed by atoms with van der Waals surface area (Å²) in [7, 11) is 0. The van der Waals surface area contributed by atoms with Crippen LogP contribution in [0.3, 0.4) is 0 Å². The molecular weight excluding hydrogens is 272 g/mol. The Morgan fingerprint density at radius 1 is 1.28 bits per heavy atom. The molecule has 3 N–H and O–H groups in total. The summed E-state index contributed by atoms with van der Waals surface area (Å²) in [5, 5.41) is 13.6. The number of oxime groups is 1. The molecule has 5 nitrogen and oxygen atoms in total. The summed E-state index contributed by atoms with van der Waals surface area (Å²) in [6, 6.07) is 6.93. The zero-order valence-corrected chi connectivity index (χ0v) is 10.7. The predicted molar refractivity (Wildman–Crippen MR) is 70.1 cm³/mol. The largest absolute Gasteiger partial charge is 0.409 e. The molecular formula is C11H9ClN4OS. The third-order valence-corrected chi connectivity index (χ3v) is 3.15. The van der Waals surface area contributed by atoms with Crippen LogP contribution in [-0.2, 0) is 0 Å². The van der Waals surface area contributed by atoms with E-state index in [1.54, 1.807) is 36.7 Å². The highest BCUT2D eigenvalue weighted by Gasteiger charge is 2.04. The van der Waals surface area contributed by atoms with Crippen molar-refractivity contribution < 1.29 is 5.21 Å². The normalized spacial score (nSPS) is 11.5. The molecule has 2 aromatic heterocycles. The van der Waals surface area contributed by atoms with E-state index in [1.165, 1.54) is 11.8 Å². The van der Waals surface area contributed by atoms with Gasteiger partial charge >= 0.3 is 0 Å². The number of aromatic nitrogens is 2. The van der Waals surface area contributed by atoms with E-state index in [4.69, 9.17) is 22.5 Å². The second kappa shape index (κ2) is 5.70. The minimum Gasteiger partial charge on any atom is -0.409 e. The van der Waals surface area contributed by atoms with Crippen molar-refractivity contribution in [3.05, 3.63) is 47.2 Å². The molecule has 0 spiro atoms. The van der Waals surface area contributed by atoms with Crippen molar-refractivity contribution in [3.8, 4) is 0 Å². The highest BCUT2D eigenvalue weighted by molar-refractivity contribution is 7.99. The molecule has 0 saturated heterocycles. The summed E-state index contributed by atoms with van der Waals surface area (Å²) < 4.78 is 0. The van der Waals surface area contributed by atoms with Crippen molar-refractivity contribution in [2.24, 2.45) is 10.9 Å². The van der Waals surface area contributed by atoms with Gasteiger partial charge in [-0.25, -0.2) is 9.97 Å². The van der Waals surface area contributed by atoms with E-state index in [0.29, 0.717) is 15.6 Å². The van der Waals surface area contributed by atoms with Gasteiger partial charge in [-0.15, -0.1) is 0 Å². The van der Waals surface area contributed by atoms with Crippen molar-refractivity contribution in [1.82, 2.24) is 9.97 Å². The van der Waals surface area contributed by atoms with Crippen molar-refractivity contribution in [1.29, 1.82) is 0 Å². The van der Waals surface area contributed by atoms with E-state index < -0.39 is 0 Å². The molecule has 0 aliphatic rings. The number of halogens is 1. The third-order valence-electron chi connectivity index (χ3n) is 2.05. The summed E-state index contributed by atoms with van der Waals surface area (Å²) >= 11 is 7.12. The van der Waals surface area contributed by atoms with Crippen molar-refractivity contribution in [2.45, 2.75) is 10.1 Å². The number of nitrogens with two attached hydrogens (primary N) is 1. The Balaban J connectivity index is 2.22. The molecule has 2 rings (SSSR count). The zero-order valence-electron chi connectivity index (χ0n) is 9.12. The highest BCUT2D eigenvalue weighted by Crippen LogP contribution is 2.25. The van der Waals surface area contributed by atoms with Gasteiger partial charge in [-0.3, -0.25) is 0 Å². The van der Waals surface area contributed by atoms with Crippen LogP contribution in [0.25, 0.3) is 0 Å². The van der Waals surface area contributed by atoms with Crippen LogP contribution in [0.5, 0.6) is 0 Å². The van der Waals surface area contributed by atoms with Gasteiger partial charge in [0.2, 0.25) is 0 Å². The van der Waals surface area contributed by atoms with Crippen LogP contribution in [0, 0.1) is 0 Å². The minimum absolute atomic E-state index is 0.0447. The lowest BCUT2D eigenvalue weighted by atomic mass is 10.2. The number of nitrogens with zero attached hydrogens (tertiary/aromatic N) is 3. The van der Waals surface area contributed by atoms with Gasteiger partial charge in [0.1, 0.15) is 10.1 Å². The number of hydrogen-bond acceptors (Lipinski definition) is 5. The van der Waals surface area contributed by atoms with Crippen LogP contribution < -0.4 is 5.73 Å². The first-order chi connectivity index (χ1) is 8.69. The lowest BCUT2D eigenvalue weighted by Gasteiger charge is -2.02. The van der Waals surface area contributed by atoms with Crippen molar-refractivity contribution >= 4 is 29.2 Å². The lowest BCUT2D eigenvalue weighted by molar-refractivity contribution is 0.318. The molecule has 18 heavy (non-hydrogen) atoms. The molecule has 0 unspecified atom stereocenters. The molecule has 2 heterocycles. The van der Waals surface area contributed by atoms with Crippen LogP contribution in [0.4, 0.5) is 0 Å². The molecule has 0 atom stereocenters. The maximum atomic E-state index is 8.61. The Morgan fingerprint density at radius 2 is 2.11 bits per heavy atom. The Kier molecular flexibility index (Phi) is 4.01. The van der Waals surface area contributed by atoms with Crippen LogP contribution in [0.1, 0.15) is 5.56 Å². The minimum atomic E-state index is 0.0447. The average Bonchev–Trinajstić information content (AvgIpc) is 2.41. The summed E-state index contributed by atoms with van der Waals surface area (Å²) in [5.74, 6) is 0.0447. The molecule has 0 aliphatic carbocycles. The second-order valence-electron chi connectivity index (χ2n) is 3.28. The first-order valence-electron chi connectivity index (χ1n) is 4.92. The van der Waals surface area contributed by atoms with Crippen molar-refractivity contribution in [3.63, 3.8) is 0 Å². The Labute approximate surface area is 113 Å². The Bertz CT molecular complexity index is 574. The molecule has 92 valence electrons. The third kappa shape index (κ3) is 3.12. The van der Waals surface area contributed by atoms with E-state index in [1.807, 2.05) is 0 Å². The molecule has 7 heteroatoms. The fourth-order valence-electron chi connectivity index (χ4n) is 1.21. The van der Waals surface area contributed by atoms with Gasteiger partial charge in [0.15, 0.2) is 5.84 Å². The van der Waals surface area contributed by atoms with E-state index in [9.17, 15) is 0 Å². The van der Waals surface area contributed by atoms with Crippen LogP contribution in [-0.4, -0.2) is 21.0 Å². The molecule has 0 aliphatic heterocycles. The number of rotatable bonds is 3. The molecule has 0 radical (unpaired) electrons. The van der Waals surface area contributed by atoms with Gasteiger partial charge in [0.25, 0.3) is 0 Å². The summed E-state index contributed by atoms with van der Waals surface area (Å²) in [6.45, 7) is 0. The van der Waals surface area contributed by atoms with Gasteiger partial charge in [-0.1, -0.05) is 28.5 Å². The number of hydrogen-bond donors (Lipinski definition) is 2. The van der Waals surface area contributed by atoms with Crippen LogP contribution in [0.15, 0.2) is 51.9 Å². The standard InChI is InChI=1S/C11H9ClN4OS/c12-8-1-2-9(15-6-8)18-10-5-7(3-4-14-10)11(13)16-17/h1-6,17H,(H2,13,16). The smallest absolute Gasteiger partial charge is 0.170 e. The van der Waals surface area contributed by atoms with Gasteiger partial charge in [0, 0.05) is 18.0 Å². The Morgan fingerprint density at radius 3 is 2.78 bits per heavy atom. The SMILES string of the molecule is NC(=NO)c1ccnc(Sc2ccc(Cl)cn2)c1. The molecule has 2 aromatic rings. The van der Waals surface area contributed by atoms with Gasteiger partial charge in [-0.2, -0.15) is 0 Å². The lowest BCUT2D eigenvalue weighted by Crippen LogP contribution is -2.13. The second-order valence-corrected chi connectivity index (χ2v) is 4.76. The summed E-state index contributed by atoms with van der Waals surface area (Å²) in [5.41, 5.74) is 6.11. The fourth-order valence-corrected chi connectivity index (χ4v) is 2.08. The topological polar surface area (TPSA) is 84.4 Å². The molecule has 0 amide bonds. The molecule has 0 aromatic carbocycles. The molecule has 0 fully saturated rings. The van der Waals surface area contributed by atoms with E-state index in [0.717, 1.165) is 5.03 Å². The number of amidine groups is 1. The molecule has 0 saturated carbocycles.